The van der Waals surface area contributed by atoms with Crippen molar-refractivity contribution in [2.45, 2.75) is 13.3 Å². The number of hydrogen-bond donors (Lipinski definition) is 0. The number of nitriles is 1. The minimum absolute atomic E-state index is 0.117. The van der Waals surface area contributed by atoms with Gasteiger partial charge < -0.3 is 0 Å². The first-order chi connectivity index (χ1) is 7.52. The maximum Gasteiger partial charge on any atom is 0.195 e. The number of nitrogens with zero attached hydrogens (tertiary/aromatic N) is 1. The molecule has 0 atom stereocenters. The number of benzene rings is 1. The van der Waals surface area contributed by atoms with E-state index in [0.29, 0.717) is 0 Å². The summed E-state index contributed by atoms with van der Waals surface area (Å²) in [5.41, 5.74) is -0.189. The lowest BCUT2D eigenvalue weighted by Gasteiger charge is -2.05. The third kappa shape index (κ3) is 2.20. The smallest absolute Gasteiger partial charge is 0.195 e. The fraction of sp³-hybridized carbons (Fsp3) is 0.182. The molecule has 1 aromatic carbocycles. The zero-order valence-corrected chi connectivity index (χ0v) is 9.08. The Morgan fingerprint density at radius 2 is 1.94 bits per heavy atom. The molecule has 0 saturated carbocycles. The van der Waals surface area contributed by atoms with Crippen molar-refractivity contribution in [3.63, 3.8) is 0 Å². The molecule has 0 aliphatic rings. The molecule has 0 bridgehead atoms. The molecule has 0 aromatic heterocycles. The second-order valence-electron chi connectivity index (χ2n) is 2.98. The van der Waals surface area contributed by atoms with E-state index in [1.165, 1.54) is 0 Å². The van der Waals surface area contributed by atoms with Crippen LogP contribution in [0.5, 0.6) is 0 Å². The summed E-state index contributed by atoms with van der Waals surface area (Å²) in [6.07, 6.45) is 0.285. The first-order valence-electron chi connectivity index (χ1n) is 4.45. The summed E-state index contributed by atoms with van der Waals surface area (Å²) in [6, 6.07) is 3.54. The highest BCUT2D eigenvalue weighted by molar-refractivity contribution is 6.49. The number of allylic oxidation sites excluding steroid dienone is 1. The predicted molar refractivity (Wildman–Crippen MR) is 55.0 cm³/mol. The molecular weight excluding hydrogens is 239 g/mol. The van der Waals surface area contributed by atoms with Crippen molar-refractivity contribution in [2.24, 2.45) is 0 Å². The van der Waals surface area contributed by atoms with Crippen LogP contribution in [0.1, 0.15) is 18.9 Å². The van der Waals surface area contributed by atoms with Crippen molar-refractivity contribution < 1.29 is 13.2 Å². The van der Waals surface area contributed by atoms with E-state index in [2.05, 4.69) is 0 Å². The molecule has 0 unspecified atom stereocenters. The minimum atomic E-state index is -1.59. The van der Waals surface area contributed by atoms with Gasteiger partial charge in [-0.2, -0.15) is 5.26 Å². The molecule has 0 aliphatic heterocycles. The zero-order valence-electron chi connectivity index (χ0n) is 8.32. The number of rotatable bonds is 2. The molecule has 1 rings (SSSR count). The molecule has 5 heteroatoms. The SMILES string of the molecule is CCC(C#N)=C(Cl)c1ccc(F)c(F)c1F. The van der Waals surface area contributed by atoms with Gasteiger partial charge in [-0.05, 0) is 18.6 Å². The molecular formula is C11H7ClF3N. The highest BCUT2D eigenvalue weighted by Gasteiger charge is 2.17. The first-order valence-corrected chi connectivity index (χ1v) is 4.83. The van der Waals surface area contributed by atoms with Crippen LogP contribution in [0.2, 0.25) is 0 Å². The standard InChI is InChI=1S/C11H7ClF3N/c1-2-6(5-16)9(12)7-3-4-8(13)11(15)10(7)14/h3-4H,2H2,1H3. The number of halogens is 4. The Bertz CT molecular complexity index is 489. The average Bonchev–Trinajstić information content (AvgIpc) is 2.27. The Balaban J connectivity index is 3.42. The third-order valence-electron chi connectivity index (χ3n) is 2.03. The maximum atomic E-state index is 13.3. The van der Waals surface area contributed by atoms with Gasteiger partial charge in [0, 0.05) is 11.1 Å². The second kappa shape index (κ2) is 5.04. The quantitative estimate of drug-likeness (QED) is 0.571. The largest absolute Gasteiger partial charge is 0.204 e. The summed E-state index contributed by atoms with van der Waals surface area (Å²) >= 11 is 5.73. The summed E-state index contributed by atoms with van der Waals surface area (Å²) in [4.78, 5) is 0. The molecule has 0 fully saturated rings. The normalized spacial score (nSPS) is 12.0. The van der Waals surface area contributed by atoms with Crippen LogP contribution in [0.4, 0.5) is 13.2 Å². The van der Waals surface area contributed by atoms with Crippen molar-refractivity contribution in [3.8, 4) is 6.07 Å². The van der Waals surface area contributed by atoms with Gasteiger partial charge in [-0.25, -0.2) is 13.2 Å². The molecule has 1 aromatic rings. The van der Waals surface area contributed by atoms with Crippen LogP contribution in [-0.4, -0.2) is 0 Å². The Morgan fingerprint density at radius 1 is 1.31 bits per heavy atom. The summed E-state index contributed by atoms with van der Waals surface area (Å²) < 4.78 is 38.9. The predicted octanol–water partition coefficient (Wildman–Crippen LogP) is 3.99. The molecule has 0 radical (unpaired) electrons. The van der Waals surface area contributed by atoms with E-state index in [1.807, 2.05) is 0 Å². The average molecular weight is 246 g/mol. The van der Waals surface area contributed by atoms with E-state index in [9.17, 15) is 13.2 Å². The Morgan fingerprint density at radius 3 is 2.44 bits per heavy atom. The van der Waals surface area contributed by atoms with Gasteiger partial charge >= 0.3 is 0 Å². The molecule has 16 heavy (non-hydrogen) atoms. The van der Waals surface area contributed by atoms with Crippen molar-refractivity contribution in [1.82, 2.24) is 0 Å². The van der Waals surface area contributed by atoms with Crippen LogP contribution < -0.4 is 0 Å². The maximum absolute atomic E-state index is 13.3. The molecule has 0 heterocycles. The van der Waals surface area contributed by atoms with Gasteiger partial charge in [0.15, 0.2) is 17.5 Å². The van der Waals surface area contributed by atoms with Crippen LogP contribution in [0.25, 0.3) is 5.03 Å². The topological polar surface area (TPSA) is 23.8 Å². The number of hydrogen-bond acceptors (Lipinski definition) is 1. The second-order valence-corrected chi connectivity index (χ2v) is 3.36. The van der Waals surface area contributed by atoms with E-state index in [-0.39, 0.29) is 22.6 Å². The molecule has 0 amide bonds. The van der Waals surface area contributed by atoms with Crippen LogP contribution >= 0.6 is 11.6 Å². The molecule has 84 valence electrons. The van der Waals surface area contributed by atoms with Crippen molar-refractivity contribution in [2.75, 3.05) is 0 Å². The van der Waals surface area contributed by atoms with Crippen molar-refractivity contribution in [3.05, 3.63) is 40.7 Å². The summed E-state index contributed by atoms with van der Waals surface area (Å²) in [5.74, 6) is -4.27. The lowest BCUT2D eigenvalue weighted by molar-refractivity contribution is 0.446. The van der Waals surface area contributed by atoms with E-state index in [0.717, 1.165) is 12.1 Å². The van der Waals surface area contributed by atoms with Gasteiger partial charge in [0.05, 0.1) is 11.1 Å². The van der Waals surface area contributed by atoms with E-state index < -0.39 is 17.5 Å². The van der Waals surface area contributed by atoms with Gasteiger partial charge in [-0.3, -0.25) is 0 Å². The van der Waals surface area contributed by atoms with Crippen LogP contribution in [-0.2, 0) is 0 Å². The summed E-state index contributed by atoms with van der Waals surface area (Å²) in [6.45, 7) is 1.65. The van der Waals surface area contributed by atoms with E-state index in [1.54, 1.807) is 13.0 Å². The molecule has 0 spiro atoms. The third-order valence-corrected chi connectivity index (χ3v) is 2.46. The zero-order chi connectivity index (χ0) is 12.3. The fourth-order valence-corrected chi connectivity index (χ4v) is 1.46. The lowest BCUT2D eigenvalue weighted by Crippen LogP contribution is -1.96. The van der Waals surface area contributed by atoms with Gasteiger partial charge in [-0.15, -0.1) is 0 Å². The fourth-order valence-electron chi connectivity index (χ4n) is 1.14. The highest BCUT2D eigenvalue weighted by atomic mass is 35.5. The molecule has 0 saturated heterocycles. The van der Waals surface area contributed by atoms with Crippen molar-refractivity contribution in [1.29, 1.82) is 5.26 Å². The van der Waals surface area contributed by atoms with Gasteiger partial charge in [0.2, 0.25) is 0 Å². The van der Waals surface area contributed by atoms with Gasteiger partial charge in [0.25, 0.3) is 0 Å². The molecule has 0 N–H and O–H groups in total. The Hall–Kier alpha value is -1.47. The van der Waals surface area contributed by atoms with Crippen LogP contribution in [0.15, 0.2) is 17.7 Å². The van der Waals surface area contributed by atoms with Crippen LogP contribution in [0, 0.1) is 28.8 Å². The first kappa shape index (κ1) is 12.6. The van der Waals surface area contributed by atoms with Gasteiger partial charge in [0.1, 0.15) is 0 Å². The lowest BCUT2D eigenvalue weighted by atomic mass is 10.1. The summed E-state index contributed by atoms with van der Waals surface area (Å²) in [7, 11) is 0. The van der Waals surface area contributed by atoms with Crippen LogP contribution in [0.3, 0.4) is 0 Å². The molecule has 1 nitrogen and oxygen atoms in total. The Kier molecular flexibility index (Phi) is 3.97. The Labute approximate surface area is 95.8 Å². The van der Waals surface area contributed by atoms with Crippen molar-refractivity contribution >= 4 is 16.6 Å². The van der Waals surface area contributed by atoms with E-state index in [4.69, 9.17) is 16.9 Å². The molecule has 0 aliphatic carbocycles. The summed E-state index contributed by atoms with van der Waals surface area (Å²) in [5, 5.41) is 8.50. The monoisotopic (exact) mass is 245 g/mol. The minimum Gasteiger partial charge on any atom is -0.204 e. The highest BCUT2D eigenvalue weighted by Crippen LogP contribution is 2.28. The van der Waals surface area contributed by atoms with E-state index >= 15 is 0 Å². The van der Waals surface area contributed by atoms with Gasteiger partial charge in [-0.1, -0.05) is 18.5 Å².